The molecule has 3 heteroatoms. The van der Waals surface area contributed by atoms with Gasteiger partial charge in [-0.2, -0.15) is 0 Å². The molecule has 0 saturated carbocycles. The molecule has 0 aromatic heterocycles. The Labute approximate surface area is 73.7 Å². The summed E-state index contributed by atoms with van der Waals surface area (Å²) in [6.07, 6.45) is 0.192. The largest absolute Gasteiger partial charge is 0.479 e. The highest BCUT2D eigenvalue weighted by Crippen LogP contribution is 2.18. The Morgan fingerprint density at radius 1 is 1.50 bits per heavy atom. The Morgan fingerprint density at radius 2 is 2.00 bits per heavy atom. The van der Waals surface area contributed by atoms with E-state index in [0.717, 1.165) is 6.42 Å². The van der Waals surface area contributed by atoms with Crippen molar-refractivity contribution in [1.82, 2.24) is 0 Å². The van der Waals surface area contributed by atoms with E-state index in [1.165, 1.54) is 0 Å². The number of carboxylic acid groups (broad SMARTS) is 1. The van der Waals surface area contributed by atoms with Crippen LogP contribution in [0.2, 0.25) is 0 Å². The van der Waals surface area contributed by atoms with Gasteiger partial charge in [-0.05, 0) is 18.8 Å². The second-order valence-corrected chi connectivity index (χ2v) is 4.16. The van der Waals surface area contributed by atoms with Crippen molar-refractivity contribution in [2.45, 2.75) is 40.2 Å². The minimum atomic E-state index is -0.899. The number of hydrogen-bond donors (Lipinski definition) is 1. The van der Waals surface area contributed by atoms with E-state index in [1.807, 2.05) is 0 Å². The quantitative estimate of drug-likeness (QED) is 0.708. The molecule has 1 atom stereocenters. The van der Waals surface area contributed by atoms with Crippen molar-refractivity contribution in [3.05, 3.63) is 0 Å². The van der Waals surface area contributed by atoms with Crippen LogP contribution in [-0.2, 0) is 9.53 Å². The molecule has 0 unspecified atom stereocenters. The Kier molecular flexibility index (Phi) is 4.24. The highest BCUT2D eigenvalue weighted by atomic mass is 16.5. The summed E-state index contributed by atoms with van der Waals surface area (Å²) in [5.74, 6) is -0.899. The fourth-order valence-corrected chi connectivity index (χ4v) is 0.613. The molecule has 3 nitrogen and oxygen atoms in total. The van der Waals surface area contributed by atoms with Gasteiger partial charge >= 0.3 is 5.97 Å². The second-order valence-electron chi connectivity index (χ2n) is 4.16. The van der Waals surface area contributed by atoms with E-state index < -0.39 is 12.1 Å². The molecule has 0 bridgehead atoms. The first-order chi connectivity index (χ1) is 5.33. The van der Waals surface area contributed by atoms with Crippen LogP contribution in [0.5, 0.6) is 0 Å². The van der Waals surface area contributed by atoms with Gasteiger partial charge in [-0.1, -0.05) is 20.8 Å². The summed E-state index contributed by atoms with van der Waals surface area (Å²) in [6.45, 7) is 8.35. The first kappa shape index (κ1) is 11.4. The van der Waals surface area contributed by atoms with Crippen LogP contribution >= 0.6 is 0 Å². The van der Waals surface area contributed by atoms with Gasteiger partial charge in [0.25, 0.3) is 0 Å². The van der Waals surface area contributed by atoms with Gasteiger partial charge in [0.2, 0.25) is 0 Å². The smallest absolute Gasteiger partial charge is 0.332 e. The van der Waals surface area contributed by atoms with Crippen LogP contribution < -0.4 is 0 Å². The zero-order chi connectivity index (χ0) is 9.78. The molecule has 0 aromatic carbocycles. The zero-order valence-electron chi connectivity index (χ0n) is 8.26. The fraction of sp³-hybridized carbons (Fsp3) is 0.889. The van der Waals surface area contributed by atoms with Gasteiger partial charge in [0.1, 0.15) is 0 Å². The molecule has 0 fully saturated rings. The molecule has 0 rings (SSSR count). The van der Waals surface area contributed by atoms with E-state index in [2.05, 4.69) is 20.8 Å². The monoisotopic (exact) mass is 174 g/mol. The van der Waals surface area contributed by atoms with Crippen molar-refractivity contribution in [3.63, 3.8) is 0 Å². The summed E-state index contributed by atoms with van der Waals surface area (Å²) in [7, 11) is 0. The maximum absolute atomic E-state index is 10.3. The van der Waals surface area contributed by atoms with Crippen molar-refractivity contribution in [2.24, 2.45) is 5.41 Å². The summed E-state index contributed by atoms with van der Waals surface area (Å²) in [5.41, 5.74) is 0.207. The third-order valence-electron chi connectivity index (χ3n) is 1.57. The van der Waals surface area contributed by atoms with Crippen LogP contribution in [0.25, 0.3) is 0 Å². The third kappa shape index (κ3) is 6.16. The van der Waals surface area contributed by atoms with Crippen molar-refractivity contribution in [2.75, 3.05) is 6.61 Å². The molecule has 12 heavy (non-hydrogen) atoms. The molecule has 0 radical (unpaired) electrons. The minimum Gasteiger partial charge on any atom is -0.479 e. The summed E-state index contributed by atoms with van der Waals surface area (Å²) in [6, 6.07) is 0. The molecular weight excluding hydrogens is 156 g/mol. The number of carbonyl (C=O) groups is 1. The lowest BCUT2D eigenvalue weighted by Gasteiger charge is -2.18. The Morgan fingerprint density at radius 3 is 2.33 bits per heavy atom. The number of carboxylic acids is 1. The average molecular weight is 174 g/mol. The Balaban J connectivity index is 3.51. The van der Waals surface area contributed by atoms with Crippen LogP contribution in [0.4, 0.5) is 0 Å². The van der Waals surface area contributed by atoms with Crippen molar-refractivity contribution in [1.29, 1.82) is 0 Å². The lowest BCUT2D eigenvalue weighted by Crippen LogP contribution is -2.22. The average Bonchev–Trinajstić information content (AvgIpc) is 1.84. The number of aliphatic carboxylic acids is 1. The predicted molar refractivity (Wildman–Crippen MR) is 47.1 cm³/mol. The topological polar surface area (TPSA) is 46.5 Å². The van der Waals surface area contributed by atoms with E-state index in [0.29, 0.717) is 6.61 Å². The molecule has 0 aliphatic heterocycles. The summed E-state index contributed by atoms with van der Waals surface area (Å²) >= 11 is 0. The first-order valence-electron chi connectivity index (χ1n) is 4.17. The van der Waals surface area contributed by atoms with Crippen molar-refractivity contribution in [3.8, 4) is 0 Å². The van der Waals surface area contributed by atoms with E-state index >= 15 is 0 Å². The third-order valence-corrected chi connectivity index (χ3v) is 1.57. The van der Waals surface area contributed by atoms with Crippen LogP contribution in [0.15, 0.2) is 0 Å². The van der Waals surface area contributed by atoms with E-state index in [-0.39, 0.29) is 5.41 Å². The van der Waals surface area contributed by atoms with Crippen LogP contribution in [-0.4, -0.2) is 23.8 Å². The van der Waals surface area contributed by atoms with E-state index in [1.54, 1.807) is 6.92 Å². The van der Waals surface area contributed by atoms with Gasteiger partial charge in [0, 0.05) is 6.61 Å². The van der Waals surface area contributed by atoms with Gasteiger partial charge in [-0.25, -0.2) is 4.79 Å². The van der Waals surface area contributed by atoms with E-state index in [9.17, 15) is 4.79 Å². The lowest BCUT2D eigenvalue weighted by atomic mass is 9.93. The normalized spacial score (nSPS) is 14.3. The van der Waals surface area contributed by atoms with Gasteiger partial charge in [-0.15, -0.1) is 0 Å². The first-order valence-corrected chi connectivity index (χ1v) is 4.17. The Hall–Kier alpha value is -0.570. The fourth-order valence-electron chi connectivity index (χ4n) is 0.613. The predicted octanol–water partition coefficient (Wildman–Crippen LogP) is 1.91. The van der Waals surface area contributed by atoms with Crippen molar-refractivity contribution >= 4 is 5.97 Å². The van der Waals surface area contributed by atoms with Crippen LogP contribution in [0.3, 0.4) is 0 Å². The van der Waals surface area contributed by atoms with Crippen LogP contribution in [0.1, 0.15) is 34.1 Å². The molecule has 0 spiro atoms. The maximum atomic E-state index is 10.3. The van der Waals surface area contributed by atoms with E-state index in [4.69, 9.17) is 9.84 Å². The summed E-state index contributed by atoms with van der Waals surface area (Å²) < 4.78 is 5.08. The van der Waals surface area contributed by atoms with Crippen molar-refractivity contribution < 1.29 is 14.6 Å². The summed E-state index contributed by atoms with van der Waals surface area (Å²) in [5, 5.41) is 8.49. The highest BCUT2D eigenvalue weighted by Gasteiger charge is 2.14. The SMILES string of the molecule is C[C@@H](OCCC(C)(C)C)C(=O)O. The maximum Gasteiger partial charge on any atom is 0.332 e. The molecule has 0 saturated heterocycles. The molecule has 0 amide bonds. The second kappa shape index (κ2) is 4.45. The molecule has 1 N–H and O–H groups in total. The highest BCUT2D eigenvalue weighted by molar-refractivity contribution is 5.71. The lowest BCUT2D eigenvalue weighted by molar-refractivity contribution is -0.149. The number of hydrogen-bond acceptors (Lipinski definition) is 2. The molecule has 0 heterocycles. The Bertz CT molecular complexity index is 146. The van der Waals surface area contributed by atoms with Gasteiger partial charge in [0.05, 0.1) is 0 Å². The van der Waals surface area contributed by atoms with Crippen LogP contribution in [0, 0.1) is 5.41 Å². The summed E-state index contributed by atoms with van der Waals surface area (Å²) in [4.78, 5) is 10.3. The molecule has 0 aromatic rings. The number of ether oxygens (including phenoxy) is 1. The minimum absolute atomic E-state index is 0.207. The van der Waals surface area contributed by atoms with Gasteiger partial charge < -0.3 is 9.84 Å². The molecular formula is C9H18O3. The number of rotatable bonds is 4. The zero-order valence-corrected chi connectivity index (χ0v) is 8.26. The van der Waals surface area contributed by atoms with Gasteiger partial charge in [-0.3, -0.25) is 0 Å². The standard InChI is InChI=1S/C9H18O3/c1-7(8(10)11)12-6-5-9(2,3)4/h7H,5-6H2,1-4H3,(H,10,11)/t7-/m1/s1. The molecule has 0 aliphatic carbocycles. The van der Waals surface area contributed by atoms with Gasteiger partial charge in [0.15, 0.2) is 6.10 Å². The molecule has 0 aliphatic rings. The molecule has 72 valence electrons.